The first-order valence-electron chi connectivity index (χ1n) is 6.19. The number of ether oxygens (including phenoxy) is 1. The van der Waals surface area contributed by atoms with Gasteiger partial charge in [-0.1, -0.05) is 30.3 Å². The summed E-state index contributed by atoms with van der Waals surface area (Å²) in [5.74, 6) is -1.98. The molecule has 0 saturated heterocycles. The molecule has 2 unspecified atom stereocenters. The van der Waals surface area contributed by atoms with Crippen molar-refractivity contribution in [3.05, 3.63) is 62.4 Å². The van der Waals surface area contributed by atoms with Crippen molar-refractivity contribution in [2.24, 2.45) is 5.92 Å². The first kappa shape index (κ1) is 12.9. The molecule has 0 saturated carbocycles. The lowest BCUT2D eigenvalue weighted by Crippen LogP contribution is -2.38. The van der Waals surface area contributed by atoms with Gasteiger partial charge < -0.3 is 9.72 Å². The summed E-state index contributed by atoms with van der Waals surface area (Å²) in [7, 11) is 0. The molecule has 2 atom stereocenters. The Morgan fingerprint density at radius 3 is 2.57 bits per heavy atom. The number of nitriles is 1. The average Bonchev–Trinajstić information content (AvgIpc) is 2.48. The fourth-order valence-electron chi connectivity index (χ4n) is 2.46. The van der Waals surface area contributed by atoms with E-state index in [-0.39, 0.29) is 17.3 Å². The topological polar surface area (TPSA) is 123 Å². The molecule has 0 aliphatic carbocycles. The molecule has 21 heavy (non-hydrogen) atoms. The third-order valence-electron chi connectivity index (χ3n) is 3.36. The summed E-state index contributed by atoms with van der Waals surface area (Å²) >= 11 is 0. The molecular formula is C14H10N4O3. The van der Waals surface area contributed by atoms with E-state index < -0.39 is 23.1 Å². The minimum Gasteiger partial charge on any atom is -0.434 e. The Bertz CT molecular complexity index is 860. The lowest BCUT2D eigenvalue weighted by Gasteiger charge is -2.28. The molecule has 0 fully saturated rings. The molecular weight excluding hydrogens is 272 g/mol. The van der Waals surface area contributed by atoms with E-state index in [1.54, 1.807) is 24.3 Å². The number of H-pyrrole nitrogens is 2. The summed E-state index contributed by atoms with van der Waals surface area (Å²) in [5.41, 5.74) is -0.443. The minimum atomic E-state index is -0.905. The normalized spacial score (nSPS) is 20.2. The Morgan fingerprint density at radius 1 is 1.19 bits per heavy atom. The van der Waals surface area contributed by atoms with E-state index in [1.807, 2.05) is 12.1 Å². The van der Waals surface area contributed by atoms with Crippen LogP contribution in [0.25, 0.3) is 0 Å². The van der Waals surface area contributed by atoms with Crippen LogP contribution in [0.4, 0.5) is 0 Å². The Kier molecular flexibility index (Phi) is 2.92. The van der Waals surface area contributed by atoms with Crippen LogP contribution in [-0.2, 0) is 0 Å². The van der Waals surface area contributed by atoms with Crippen LogP contribution in [0.5, 0.6) is 5.75 Å². The van der Waals surface area contributed by atoms with Gasteiger partial charge in [-0.2, -0.15) is 5.26 Å². The quantitative estimate of drug-likeness (QED) is 0.712. The zero-order valence-corrected chi connectivity index (χ0v) is 10.7. The van der Waals surface area contributed by atoms with Crippen LogP contribution in [0.1, 0.15) is 17.2 Å². The highest BCUT2D eigenvalue weighted by Crippen LogP contribution is 2.38. The van der Waals surface area contributed by atoms with Gasteiger partial charge in [0.15, 0.2) is 0 Å². The van der Waals surface area contributed by atoms with E-state index >= 15 is 0 Å². The number of hydrogen-bond acceptors (Lipinski definition) is 5. The zero-order chi connectivity index (χ0) is 15.0. The molecule has 3 rings (SSSR count). The van der Waals surface area contributed by atoms with E-state index in [1.165, 1.54) is 0 Å². The van der Waals surface area contributed by atoms with E-state index in [4.69, 9.17) is 10.1 Å². The molecule has 7 nitrogen and oxygen atoms in total. The molecule has 1 aromatic carbocycles. The van der Waals surface area contributed by atoms with Crippen molar-refractivity contribution in [2.75, 3.05) is 0 Å². The van der Waals surface area contributed by atoms with E-state index in [0.717, 1.165) is 5.56 Å². The Labute approximate surface area is 118 Å². The van der Waals surface area contributed by atoms with Crippen LogP contribution in [0.2, 0.25) is 0 Å². The van der Waals surface area contributed by atoms with Crippen LogP contribution in [-0.4, -0.2) is 15.9 Å². The molecule has 1 aromatic heterocycles. The van der Waals surface area contributed by atoms with Crippen molar-refractivity contribution in [2.45, 2.75) is 5.92 Å². The van der Waals surface area contributed by atoms with Gasteiger partial charge in [0.25, 0.3) is 5.56 Å². The van der Waals surface area contributed by atoms with Crippen molar-refractivity contribution in [3.8, 4) is 11.8 Å². The maximum absolute atomic E-state index is 11.8. The van der Waals surface area contributed by atoms with Gasteiger partial charge in [0.2, 0.25) is 11.6 Å². The molecule has 104 valence electrons. The lowest BCUT2D eigenvalue weighted by atomic mass is 9.82. The summed E-state index contributed by atoms with van der Waals surface area (Å²) in [6.07, 6.45) is 0. The SMILES string of the molecule is N#CC1C(=N)Oc2c([nH]c(=O)[nH]c2=O)C1c1ccccc1. The fraction of sp³-hybridized carbons (Fsp3) is 0.143. The minimum absolute atomic E-state index is 0.139. The highest BCUT2D eigenvalue weighted by Gasteiger charge is 2.39. The van der Waals surface area contributed by atoms with Crippen LogP contribution < -0.4 is 16.0 Å². The second-order valence-corrected chi connectivity index (χ2v) is 4.61. The Hall–Kier alpha value is -3.14. The maximum atomic E-state index is 11.8. The standard InChI is InChI=1S/C14H10N4O3/c15-6-8-9(7-4-2-1-3-5-7)10-11(21-12(8)16)13(19)18-14(20)17-10/h1-5,8-9,16H,(H2,17,18,19,20). The third-order valence-corrected chi connectivity index (χ3v) is 3.36. The van der Waals surface area contributed by atoms with Gasteiger partial charge in [-0.3, -0.25) is 15.2 Å². The van der Waals surface area contributed by atoms with Gasteiger partial charge >= 0.3 is 5.69 Å². The summed E-state index contributed by atoms with van der Waals surface area (Å²) in [5, 5.41) is 17.1. The highest BCUT2D eigenvalue weighted by atomic mass is 16.5. The highest BCUT2D eigenvalue weighted by molar-refractivity contribution is 5.84. The number of nitrogens with one attached hydrogen (secondary N) is 3. The second-order valence-electron chi connectivity index (χ2n) is 4.61. The van der Waals surface area contributed by atoms with Crippen molar-refractivity contribution in [1.29, 1.82) is 10.7 Å². The molecule has 7 heteroatoms. The van der Waals surface area contributed by atoms with Gasteiger partial charge in [0.1, 0.15) is 5.92 Å². The molecule has 0 radical (unpaired) electrons. The van der Waals surface area contributed by atoms with Gasteiger partial charge in [0.05, 0.1) is 17.7 Å². The molecule has 1 aliphatic rings. The summed E-state index contributed by atoms with van der Waals surface area (Å²) in [4.78, 5) is 27.9. The third kappa shape index (κ3) is 2.03. The average molecular weight is 282 g/mol. The van der Waals surface area contributed by atoms with Gasteiger partial charge in [0, 0.05) is 0 Å². The molecule has 1 aliphatic heterocycles. The molecule has 2 heterocycles. The van der Waals surface area contributed by atoms with Crippen LogP contribution in [0.3, 0.4) is 0 Å². The van der Waals surface area contributed by atoms with Crippen molar-refractivity contribution in [1.82, 2.24) is 9.97 Å². The smallest absolute Gasteiger partial charge is 0.326 e. The molecule has 0 bridgehead atoms. The van der Waals surface area contributed by atoms with Crippen molar-refractivity contribution < 1.29 is 4.74 Å². The van der Waals surface area contributed by atoms with Crippen molar-refractivity contribution in [3.63, 3.8) is 0 Å². The van der Waals surface area contributed by atoms with Gasteiger partial charge in [-0.15, -0.1) is 0 Å². The lowest BCUT2D eigenvalue weighted by molar-refractivity contribution is 0.432. The van der Waals surface area contributed by atoms with Gasteiger partial charge in [-0.05, 0) is 5.56 Å². The number of fused-ring (bicyclic) bond motifs is 1. The number of rotatable bonds is 1. The number of benzene rings is 1. The van der Waals surface area contributed by atoms with Crippen LogP contribution >= 0.6 is 0 Å². The van der Waals surface area contributed by atoms with Crippen molar-refractivity contribution >= 4 is 5.90 Å². The predicted octanol–water partition coefficient (Wildman–Crippen LogP) is 0.705. The van der Waals surface area contributed by atoms with E-state index in [2.05, 4.69) is 9.97 Å². The number of nitrogens with zero attached hydrogens (tertiary/aromatic N) is 1. The number of aromatic amines is 2. The summed E-state index contributed by atoms with van der Waals surface area (Å²) in [6.45, 7) is 0. The first-order valence-corrected chi connectivity index (χ1v) is 6.19. The Balaban J connectivity index is 2.31. The maximum Gasteiger partial charge on any atom is 0.326 e. The molecule has 3 N–H and O–H groups in total. The number of aromatic nitrogens is 2. The van der Waals surface area contributed by atoms with E-state index in [9.17, 15) is 14.9 Å². The number of hydrogen-bond donors (Lipinski definition) is 3. The fourth-order valence-corrected chi connectivity index (χ4v) is 2.46. The summed E-state index contributed by atoms with van der Waals surface area (Å²) < 4.78 is 5.12. The molecule has 0 amide bonds. The van der Waals surface area contributed by atoms with Crippen LogP contribution in [0.15, 0.2) is 39.9 Å². The Morgan fingerprint density at radius 2 is 1.90 bits per heavy atom. The van der Waals surface area contributed by atoms with Gasteiger partial charge in [-0.25, -0.2) is 4.79 Å². The largest absolute Gasteiger partial charge is 0.434 e. The second kappa shape index (κ2) is 4.76. The first-order chi connectivity index (χ1) is 10.1. The summed E-state index contributed by atoms with van der Waals surface area (Å²) in [6, 6.07) is 10.9. The molecule has 0 spiro atoms. The van der Waals surface area contributed by atoms with E-state index in [0.29, 0.717) is 0 Å². The molecule has 2 aromatic rings. The van der Waals surface area contributed by atoms with Crippen LogP contribution in [0, 0.1) is 22.7 Å². The monoisotopic (exact) mass is 282 g/mol. The zero-order valence-electron chi connectivity index (χ0n) is 10.7. The predicted molar refractivity (Wildman–Crippen MR) is 73.4 cm³/mol.